The predicted molar refractivity (Wildman–Crippen MR) is 64.1 cm³/mol. The molecule has 0 bridgehead atoms. The summed E-state index contributed by atoms with van der Waals surface area (Å²) in [6.07, 6.45) is 1.53. The number of amides is 1. The molecule has 0 saturated heterocycles. The number of ether oxygens (including phenoxy) is 1. The molecule has 6 heteroatoms. The number of primary amides is 1. The minimum Gasteiger partial charge on any atom is -0.495 e. The second-order valence-corrected chi connectivity index (χ2v) is 3.77. The third kappa shape index (κ3) is 2.24. The van der Waals surface area contributed by atoms with Crippen molar-refractivity contribution in [1.82, 2.24) is 9.97 Å². The maximum Gasteiger partial charge on any atom is 0.284 e. The normalized spacial score (nSPS) is 10.2. The predicted octanol–water partition coefficient (Wildman–Crippen LogP) is 1.84. The molecule has 0 atom stereocenters. The number of hydrogen-bond acceptors (Lipinski definition) is 3. The van der Waals surface area contributed by atoms with E-state index in [2.05, 4.69) is 9.97 Å². The Kier molecular flexibility index (Phi) is 3.01. The molecule has 0 fully saturated rings. The highest BCUT2D eigenvalue weighted by atomic mass is 35.5. The van der Waals surface area contributed by atoms with E-state index >= 15 is 0 Å². The lowest BCUT2D eigenvalue weighted by Gasteiger charge is -2.04. The largest absolute Gasteiger partial charge is 0.495 e. The number of halogens is 1. The van der Waals surface area contributed by atoms with E-state index in [9.17, 15) is 4.79 Å². The van der Waals surface area contributed by atoms with Crippen LogP contribution in [0.4, 0.5) is 0 Å². The highest BCUT2D eigenvalue weighted by Gasteiger charge is 2.09. The Hall–Kier alpha value is -2.01. The molecule has 2 aromatic rings. The molecule has 1 amide bonds. The molecule has 1 aromatic heterocycles. The lowest BCUT2D eigenvalue weighted by Crippen LogP contribution is -2.12. The second kappa shape index (κ2) is 4.47. The molecule has 5 nitrogen and oxygen atoms in total. The summed E-state index contributed by atoms with van der Waals surface area (Å²) < 4.78 is 5.05. The number of nitrogens with one attached hydrogen (secondary N) is 1. The zero-order valence-electron chi connectivity index (χ0n) is 9.03. The van der Waals surface area contributed by atoms with Crippen molar-refractivity contribution in [3.8, 4) is 17.0 Å². The van der Waals surface area contributed by atoms with Crippen LogP contribution in [0, 0.1) is 0 Å². The summed E-state index contributed by atoms with van der Waals surface area (Å²) in [4.78, 5) is 17.6. The number of nitrogens with zero attached hydrogens (tertiary/aromatic N) is 1. The van der Waals surface area contributed by atoms with Gasteiger partial charge in [-0.2, -0.15) is 0 Å². The average molecular weight is 252 g/mol. The SMILES string of the molecule is COc1ccc(-c2cnc(C(N)=O)[nH]2)cc1Cl. The molecular formula is C11H10ClN3O2. The van der Waals surface area contributed by atoms with Gasteiger partial charge in [0.15, 0.2) is 5.82 Å². The molecule has 0 aliphatic rings. The number of carbonyl (C=O) groups is 1. The summed E-state index contributed by atoms with van der Waals surface area (Å²) in [6.45, 7) is 0. The van der Waals surface area contributed by atoms with Gasteiger partial charge in [-0.1, -0.05) is 11.6 Å². The molecule has 0 aliphatic heterocycles. The van der Waals surface area contributed by atoms with E-state index in [0.29, 0.717) is 16.5 Å². The lowest BCUT2D eigenvalue weighted by molar-refractivity contribution is 0.0991. The first kappa shape index (κ1) is 11.5. The number of imidazole rings is 1. The average Bonchev–Trinajstić information content (AvgIpc) is 2.78. The van der Waals surface area contributed by atoms with Gasteiger partial charge in [0, 0.05) is 5.56 Å². The summed E-state index contributed by atoms with van der Waals surface area (Å²) >= 11 is 6.00. The van der Waals surface area contributed by atoms with Crippen molar-refractivity contribution in [2.24, 2.45) is 5.73 Å². The first-order valence-corrected chi connectivity index (χ1v) is 5.18. The van der Waals surface area contributed by atoms with Crippen LogP contribution in [0.25, 0.3) is 11.3 Å². The molecule has 0 unspecified atom stereocenters. The number of methoxy groups -OCH3 is 1. The van der Waals surface area contributed by atoms with Crippen LogP contribution >= 0.6 is 11.6 Å². The van der Waals surface area contributed by atoms with Crippen molar-refractivity contribution >= 4 is 17.5 Å². The van der Waals surface area contributed by atoms with Gasteiger partial charge < -0.3 is 15.5 Å². The highest BCUT2D eigenvalue weighted by Crippen LogP contribution is 2.29. The zero-order chi connectivity index (χ0) is 12.4. The fraction of sp³-hybridized carbons (Fsp3) is 0.0909. The van der Waals surface area contributed by atoms with E-state index in [1.807, 2.05) is 6.07 Å². The van der Waals surface area contributed by atoms with Gasteiger partial charge in [0.1, 0.15) is 5.75 Å². The molecule has 2 rings (SSSR count). The van der Waals surface area contributed by atoms with Crippen LogP contribution in [0.1, 0.15) is 10.6 Å². The van der Waals surface area contributed by atoms with Crippen LogP contribution in [0.5, 0.6) is 5.75 Å². The van der Waals surface area contributed by atoms with Gasteiger partial charge >= 0.3 is 0 Å². The summed E-state index contributed by atoms with van der Waals surface area (Å²) in [7, 11) is 1.54. The first-order chi connectivity index (χ1) is 8.11. The topological polar surface area (TPSA) is 81.0 Å². The number of benzene rings is 1. The van der Waals surface area contributed by atoms with Crippen molar-refractivity contribution in [1.29, 1.82) is 0 Å². The van der Waals surface area contributed by atoms with Gasteiger partial charge in [0.25, 0.3) is 5.91 Å². The van der Waals surface area contributed by atoms with Crippen LogP contribution in [0.15, 0.2) is 24.4 Å². The van der Waals surface area contributed by atoms with Crippen molar-refractivity contribution in [3.63, 3.8) is 0 Å². The minimum absolute atomic E-state index is 0.118. The molecule has 17 heavy (non-hydrogen) atoms. The molecule has 0 saturated carbocycles. The fourth-order valence-electron chi connectivity index (χ4n) is 1.43. The molecule has 1 aromatic carbocycles. The Morgan fingerprint density at radius 1 is 1.53 bits per heavy atom. The summed E-state index contributed by atoms with van der Waals surface area (Å²) in [6, 6.07) is 5.27. The Balaban J connectivity index is 2.39. The van der Waals surface area contributed by atoms with Gasteiger partial charge in [-0.05, 0) is 18.2 Å². The standard InChI is InChI=1S/C11H10ClN3O2/c1-17-9-3-2-6(4-7(9)12)8-5-14-11(15-8)10(13)16/h2-5H,1H3,(H2,13,16)(H,14,15). The fourth-order valence-corrected chi connectivity index (χ4v) is 1.68. The molecule has 0 radical (unpaired) electrons. The van der Waals surface area contributed by atoms with E-state index in [1.54, 1.807) is 19.2 Å². The van der Waals surface area contributed by atoms with Crippen LogP contribution < -0.4 is 10.5 Å². The molecular weight excluding hydrogens is 242 g/mol. The maximum atomic E-state index is 10.9. The molecule has 0 spiro atoms. The minimum atomic E-state index is -0.601. The maximum absolute atomic E-state index is 10.9. The number of rotatable bonds is 3. The van der Waals surface area contributed by atoms with Gasteiger partial charge in [-0.3, -0.25) is 4.79 Å². The highest BCUT2D eigenvalue weighted by molar-refractivity contribution is 6.32. The van der Waals surface area contributed by atoms with E-state index in [-0.39, 0.29) is 5.82 Å². The van der Waals surface area contributed by atoms with Gasteiger partial charge in [0.05, 0.1) is 24.0 Å². The second-order valence-electron chi connectivity index (χ2n) is 3.36. The van der Waals surface area contributed by atoms with E-state index in [4.69, 9.17) is 22.1 Å². The van der Waals surface area contributed by atoms with Crippen molar-refractivity contribution in [2.45, 2.75) is 0 Å². The number of H-pyrrole nitrogens is 1. The van der Waals surface area contributed by atoms with Gasteiger partial charge in [-0.15, -0.1) is 0 Å². The Labute approximate surface area is 103 Å². The monoisotopic (exact) mass is 251 g/mol. The Bertz CT molecular complexity index is 566. The first-order valence-electron chi connectivity index (χ1n) is 4.80. The summed E-state index contributed by atoms with van der Waals surface area (Å²) in [5, 5.41) is 0.486. The van der Waals surface area contributed by atoms with Crippen LogP contribution in [-0.2, 0) is 0 Å². The van der Waals surface area contributed by atoms with Crippen molar-refractivity contribution in [3.05, 3.63) is 35.2 Å². The van der Waals surface area contributed by atoms with Gasteiger partial charge in [0.2, 0.25) is 0 Å². The number of aromatic amines is 1. The smallest absolute Gasteiger partial charge is 0.284 e. The van der Waals surface area contributed by atoms with Gasteiger partial charge in [-0.25, -0.2) is 4.98 Å². The number of hydrogen-bond donors (Lipinski definition) is 2. The Morgan fingerprint density at radius 2 is 2.29 bits per heavy atom. The summed E-state index contributed by atoms with van der Waals surface area (Å²) in [5.74, 6) is 0.104. The number of carbonyl (C=O) groups excluding carboxylic acids is 1. The summed E-state index contributed by atoms with van der Waals surface area (Å²) in [5.41, 5.74) is 6.57. The number of nitrogens with two attached hydrogens (primary N) is 1. The molecule has 0 aliphatic carbocycles. The van der Waals surface area contributed by atoms with Crippen molar-refractivity contribution < 1.29 is 9.53 Å². The van der Waals surface area contributed by atoms with Crippen LogP contribution in [-0.4, -0.2) is 23.0 Å². The quantitative estimate of drug-likeness (QED) is 0.873. The zero-order valence-corrected chi connectivity index (χ0v) is 9.78. The van der Waals surface area contributed by atoms with Crippen LogP contribution in [0.2, 0.25) is 5.02 Å². The van der Waals surface area contributed by atoms with E-state index < -0.39 is 5.91 Å². The molecule has 3 N–H and O–H groups in total. The third-order valence-electron chi connectivity index (χ3n) is 2.27. The molecule has 1 heterocycles. The number of aromatic nitrogens is 2. The lowest BCUT2D eigenvalue weighted by atomic mass is 10.1. The van der Waals surface area contributed by atoms with Crippen molar-refractivity contribution in [2.75, 3.05) is 7.11 Å². The van der Waals surface area contributed by atoms with E-state index in [1.165, 1.54) is 6.20 Å². The van der Waals surface area contributed by atoms with Crippen LogP contribution in [0.3, 0.4) is 0 Å². The molecule has 88 valence electrons. The van der Waals surface area contributed by atoms with E-state index in [0.717, 1.165) is 5.56 Å². The Morgan fingerprint density at radius 3 is 2.82 bits per heavy atom. The third-order valence-corrected chi connectivity index (χ3v) is 2.57.